The molecule has 0 atom stereocenters. The van der Waals surface area contributed by atoms with Crippen molar-refractivity contribution in [1.29, 1.82) is 0 Å². The molecule has 0 unspecified atom stereocenters. The van der Waals surface area contributed by atoms with Crippen molar-refractivity contribution < 1.29 is 0 Å². The van der Waals surface area contributed by atoms with Crippen LogP contribution in [0.15, 0.2) is 12.1 Å². The Hall–Kier alpha value is -0.640. The third kappa shape index (κ3) is 3.67. The number of hydrogen-bond donors (Lipinski definition) is 2. The molecule has 0 aromatic heterocycles. The summed E-state index contributed by atoms with van der Waals surface area (Å²) in [5.74, 6) is 0. The smallest absolute Gasteiger partial charge is 0.0614 e. The minimum absolute atomic E-state index is 0.497. The Kier molecular flexibility index (Phi) is 4.98. The van der Waals surface area contributed by atoms with Crippen LogP contribution in [0.5, 0.6) is 0 Å². The molecule has 0 aliphatic carbocycles. The van der Waals surface area contributed by atoms with Gasteiger partial charge in [-0.25, -0.2) is 0 Å². The second kappa shape index (κ2) is 6.50. The minimum atomic E-state index is 0.497. The highest BCUT2D eigenvalue weighted by Gasteiger charge is 2.10. The van der Waals surface area contributed by atoms with Gasteiger partial charge in [0.15, 0.2) is 0 Å². The average Bonchev–Trinajstić information content (AvgIpc) is 2.84. The van der Waals surface area contributed by atoms with E-state index < -0.39 is 0 Å². The van der Waals surface area contributed by atoms with Crippen molar-refractivity contribution in [2.75, 3.05) is 37.2 Å². The molecule has 0 amide bonds. The van der Waals surface area contributed by atoms with E-state index >= 15 is 0 Å². The number of halogens is 2. The first-order valence-corrected chi connectivity index (χ1v) is 7.13. The molecular formula is C13H19Cl2N3. The fourth-order valence-corrected chi connectivity index (χ4v) is 2.58. The highest BCUT2D eigenvalue weighted by atomic mass is 35.5. The van der Waals surface area contributed by atoms with E-state index in [1.165, 1.54) is 25.9 Å². The molecule has 0 spiro atoms. The van der Waals surface area contributed by atoms with Crippen molar-refractivity contribution in [3.8, 4) is 0 Å². The quantitative estimate of drug-likeness (QED) is 0.644. The first-order chi connectivity index (χ1) is 8.66. The highest BCUT2D eigenvalue weighted by Crippen LogP contribution is 2.30. The maximum Gasteiger partial charge on any atom is 0.0614 e. The molecule has 3 nitrogen and oxygen atoms in total. The summed E-state index contributed by atoms with van der Waals surface area (Å²) in [6, 6.07) is 3.47. The van der Waals surface area contributed by atoms with Crippen molar-refractivity contribution in [3.05, 3.63) is 22.2 Å². The van der Waals surface area contributed by atoms with Gasteiger partial charge in [-0.3, -0.25) is 0 Å². The van der Waals surface area contributed by atoms with Crippen LogP contribution in [0.4, 0.5) is 11.4 Å². The maximum absolute atomic E-state index is 5.97. The van der Waals surface area contributed by atoms with E-state index in [2.05, 4.69) is 10.2 Å². The van der Waals surface area contributed by atoms with Crippen LogP contribution in [0.2, 0.25) is 10.0 Å². The number of nitrogen functional groups attached to an aromatic ring is 1. The zero-order chi connectivity index (χ0) is 13.0. The summed E-state index contributed by atoms with van der Waals surface area (Å²) >= 11 is 11.9. The molecule has 0 radical (unpaired) electrons. The molecular weight excluding hydrogens is 269 g/mol. The Bertz CT molecular complexity index is 403. The van der Waals surface area contributed by atoms with Crippen molar-refractivity contribution in [2.24, 2.45) is 0 Å². The zero-order valence-electron chi connectivity index (χ0n) is 10.4. The number of nitrogens with two attached hydrogens (primary N) is 1. The molecule has 5 heteroatoms. The molecule has 0 bridgehead atoms. The van der Waals surface area contributed by atoms with Gasteiger partial charge in [-0.15, -0.1) is 0 Å². The molecule has 1 aromatic carbocycles. The van der Waals surface area contributed by atoms with Crippen LogP contribution in [0, 0.1) is 0 Å². The second-order valence-electron chi connectivity index (χ2n) is 4.68. The molecule has 1 aliphatic heterocycles. The summed E-state index contributed by atoms with van der Waals surface area (Å²) in [4.78, 5) is 2.50. The Labute approximate surface area is 118 Å². The maximum atomic E-state index is 5.97. The van der Waals surface area contributed by atoms with Gasteiger partial charge >= 0.3 is 0 Å². The summed E-state index contributed by atoms with van der Waals surface area (Å²) < 4.78 is 0. The van der Waals surface area contributed by atoms with Crippen LogP contribution in [-0.2, 0) is 0 Å². The normalized spacial score (nSPS) is 16.1. The van der Waals surface area contributed by atoms with Crippen LogP contribution >= 0.6 is 23.2 Å². The topological polar surface area (TPSA) is 41.3 Å². The lowest BCUT2D eigenvalue weighted by Gasteiger charge is -2.15. The molecule has 1 aromatic rings. The van der Waals surface area contributed by atoms with Gasteiger partial charge in [0.25, 0.3) is 0 Å². The third-order valence-corrected chi connectivity index (χ3v) is 3.98. The Morgan fingerprint density at radius 1 is 1.17 bits per heavy atom. The standard InChI is InChI=1S/C13H19Cl2N3/c14-10-8-12(16)13(9-11(10)15)17-4-3-7-18-5-1-2-6-18/h8-9,17H,1-7,16H2. The number of likely N-dealkylation sites (tertiary alicyclic amines) is 1. The van der Waals surface area contributed by atoms with Crippen molar-refractivity contribution in [3.63, 3.8) is 0 Å². The van der Waals surface area contributed by atoms with Crippen LogP contribution in [-0.4, -0.2) is 31.1 Å². The first-order valence-electron chi connectivity index (χ1n) is 6.37. The SMILES string of the molecule is Nc1cc(Cl)c(Cl)cc1NCCCN1CCCC1. The number of anilines is 2. The molecule has 3 N–H and O–H groups in total. The van der Waals surface area contributed by atoms with Crippen LogP contribution in [0.3, 0.4) is 0 Å². The van der Waals surface area contributed by atoms with Crippen molar-refractivity contribution >= 4 is 34.6 Å². The lowest BCUT2D eigenvalue weighted by Crippen LogP contribution is -2.22. The highest BCUT2D eigenvalue weighted by molar-refractivity contribution is 6.42. The van der Waals surface area contributed by atoms with E-state index in [0.717, 1.165) is 25.2 Å². The Balaban J connectivity index is 1.77. The van der Waals surface area contributed by atoms with E-state index in [1.807, 2.05) is 0 Å². The lowest BCUT2D eigenvalue weighted by atomic mass is 10.2. The molecule has 1 fully saturated rings. The third-order valence-electron chi connectivity index (χ3n) is 3.26. The van der Waals surface area contributed by atoms with E-state index in [9.17, 15) is 0 Å². The Morgan fingerprint density at radius 2 is 1.83 bits per heavy atom. The minimum Gasteiger partial charge on any atom is -0.397 e. The largest absolute Gasteiger partial charge is 0.397 e. The van der Waals surface area contributed by atoms with E-state index in [-0.39, 0.29) is 0 Å². The number of hydrogen-bond acceptors (Lipinski definition) is 3. The monoisotopic (exact) mass is 287 g/mol. The summed E-state index contributed by atoms with van der Waals surface area (Å²) in [5, 5.41) is 4.34. The van der Waals surface area contributed by atoms with Gasteiger partial charge in [-0.05, 0) is 51.0 Å². The molecule has 1 saturated heterocycles. The van der Waals surface area contributed by atoms with Gasteiger partial charge in [-0.1, -0.05) is 23.2 Å². The predicted octanol–water partition coefficient (Wildman–Crippen LogP) is 3.47. The molecule has 100 valence electrons. The van der Waals surface area contributed by atoms with Crippen LogP contribution in [0.1, 0.15) is 19.3 Å². The first kappa shape index (κ1) is 13.8. The molecule has 1 aliphatic rings. The molecule has 0 saturated carbocycles. The van der Waals surface area contributed by atoms with E-state index in [4.69, 9.17) is 28.9 Å². The summed E-state index contributed by atoms with van der Waals surface area (Å²) in [6.45, 7) is 4.54. The van der Waals surface area contributed by atoms with Gasteiger partial charge < -0.3 is 16.0 Å². The van der Waals surface area contributed by atoms with Gasteiger partial charge in [0.05, 0.1) is 21.4 Å². The number of nitrogens with zero attached hydrogens (tertiary/aromatic N) is 1. The second-order valence-corrected chi connectivity index (χ2v) is 5.50. The fourth-order valence-electron chi connectivity index (χ4n) is 2.25. The predicted molar refractivity (Wildman–Crippen MR) is 79.7 cm³/mol. The summed E-state index contributed by atoms with van der Waals surface area (Å²) in [5.41, 5.74) is 7.39. The number of rotatable bonds is 5. The van der Waals surface area contributed by atoms with Crippen LogP contribution < -0.4 is 11.1 Å². The summed E-state index contributed by atoms with van der Waals surface area (Å²) in [6.07, 6.45) is 3.79. The molecule has 1 heterocycles. The lowest BCUT2D eigenvalue weighted by molar-refractivity contribution is 0.337. The molecule has 18 heavy (non-hydrogen) atoms. The van der Waals surface area contributed by atoms with Crippen molar-refractivity contribution in [1.82, 2.24) is 4.90 Å². The zero-order valence-corrected chi connectivity index (χ0v) is 11.9. The Morgan fingerprint density at radius 3 is 2.56 bits per heavy atom. The van der Waals surface area contributed by atoms with Gasteiger partial charge in [0, 0.05) is 6.54 Å². The number of nitrogens with one attached hydrogen (secondary N) is 1. The van der Waals surface area contributed by atoms with Gasteiger partial charge in [0.2, 0.25) is 0 Å². The number of benzene rings is 1. The summed E-state index contributed by atoms with van der Waals surface area (Å²) in [7, 11) is 0. The van der Waals surface area contributed by atoms with Gasteiger partial charge in [-0.2, -0.15) is 0 Å². The molecule has 2 rings (SSSR count). The van der Waals surface area contributed by atoms with Crippen LogP contribution in [0.25, 0.3) is 0 Å². The average molecular weight is 288 g/mol. The van der Waals surface area contributed by atoms with E-state index in [0.29, 0.717) is 15.7 Å². The van der Waals surface area contributed by atoms with E-state index in [1.54, 1.807) is 12.1 Å². The van der Waals surface area contributed by atoms with Crippen molar-refractivity contribution in [2.45, 2.75) is 19.3 Å². The fraction of sp³-hybridized carbons (Fsp3) is 0.538. The van der Waals surface area contributed by atoms with Gasteiger partial charge in [0.1, 0.15) is 0 Å².